The summed E-state index contributed by atoms with van der Waals surface area (Å²) in [5, 5.41) is 1.05. The Bertz CT molecular complexity index is 2360. The first-order valence-corrected chi connectivity index (χ1v) is 16.9. The minimum absolute atomic E-state index is 0.0525. The molecule has 4 N–H and O–H groups in total. The summed E-state index contributed by atoms with van der Waals surface area (Å²) < 4.78 is 10.6. The average molecular weight is 641 g/mol. The third kappa shape index (κ3) is 3.91. The lowest BCUT2D eigenvalue weighted by molar-refractivity contribution is 0.0557. The fourth-order valence-corrected chi connectivity index (χ4v) is 8.90. The molecule has 48 heavy (non-hydrogen) atoms. The first-order chi connectivity index (χ1) is 23.4. The minimum atomic E-state index is -0.224. The molecule has 3 fully saturated rings. The summed E-state index contributed by atoms with van der Waals surface area (Å²) in [6.07, 6.45) is 6.91. The quantitative estimate of drug-likeness (QED) is 0.238. The van der Waals surface area contributed by atoms with Gasteiger partial charge >= 0.3 is 5.69 Å². The van der Waals surface area contributed by atoms with Crippen LogP contribution in [0.3, 0.4) is 0 Å². The summed E-state index contributed by atoms with van der Waals surface area (Å²) in [5.74, 6) is 2.58. The fourth-order valence-electron chi connectivity index (χ4n) is 8.90. The van der Waals surface area contributed by atoms with E-state index in [0.717, 1.165) is 93.2 Å². The summed E-state index contributed by atoms with van der Waals surface area (Å²) in [7, 11) is 3.74. The number of methoxy groups -OCH3 is 1. The second kappa shape index (κ2) is 9.93. The number of carbonyl (C=O) groups excluding carboxylic acids is 1. The minimum Gasteiger partial charge on any atom is -0.494 e. The Morgan fingerprint density at radius 2 is 1.79 bits per heavy atom. The first kappa shape index (κ1) is 27.9. The van der Waals surface area contributed by atoms with Crippen molar-refractivity contribution in [2.24, 2.45) is 24.6 Å². The van der Waals surface area contributed by atoms with E-state index in [1.54, 1.807) is 13.3 Å². The zero-order chi connectivity index (χ0) is 32.4. The van der Waals surface area contributed by atoms with E-state index in [1.165, 1.54) is 12.8 Å². The van der Waals surface area contributed by atoms with Gasteiger partial charge in [-0.2, -0.15) is 0 Å². The van der Waals surface area contributed by atoms with Crippen LogP contribution in [-0.4, -0.2) is 65.1 Å². The van der Waals surface area contributed by atoms with Crippen molar-refractivity contribution in [2.75, 3.05) is 7.11 Å². The maximum Gasteiger partial charge on any atom is 0.323 e. The molecule has 1 amide bonds. The largest absolute Gasteiger partial charge is 0.494 e. The van der Waals surface area contributed by atoms with Crippen LogP contribution in [0.1, 0.15) is 41.6 Å². The van der Waals surface area contributed by atoms with E-state index in [-0.39, 0.29) is 29.7 Å². The number of hydrogen-bond acceptors (Lipinski definition) is 6. The highest BCUT2D eigenvalue weighted by molar-refractivity contribution is 6.04. The Labute approximate surface area is 275 Å². The van der Waals surface area contributed by atoms with Gasteiger partial charge in [-0.3, -0.25) is 4.79 Å². The number of aryl methyl sites for hydroxylation is 1. The van der Waals surface area contributed by atoms with E-state index >= 15 is 0 Å². The number of nitrogens with zero attached hydrogens (tertiary/aromatic N) is 5. The van der Waals surface area contributed by atoms with Gasteiger partial charge in [-0.25, -0.2) is 14.8 Å². The van der Waals surface area contributed by atoms with Gasteiger partial charge in [0.2, 0.25) is 0 Å². The highest BCUT2D eigenvalue weighted by atomic mass is 16.5. The number of benzene rings is 2. The van der Waals surface area contributed by atoms with Crippen LogP contribution in [0.5, 0.6) is 5.75 Å². The van der Waals surface area contributed by atoms with Crippen LogP contribution in [-0.2, 0) is 20.0 Å². The van der Waals surface area contributed by atoms with Crippen molar-refractivity contribution in [1.29, 1.82) is 0 Å². The lowest BCUT2D eigenvalue weighted by atomic mass is 9.85. The number of ether oxygens (including phenoxy) is 1. The number of hydrogen-bond donors (Lipinski definition) is 3. The number of carbonyl (C=O) groups is 1. The Morgan fingerprint density at radius 3 is 2.54 bits per heavy atom. The molecule has 2 aromatic carbocycles. The summed E-state index contributed by atoms with van der Waals surface area (Å²) in [4.78, 5) is 43.5. The van der Waals surface area contributed by atoms with Crippen molar-refractivity contribution in [1.82, 2.24) is 34.0 Å². The SMILES string of the molecule is COc1c2c(cc3nc(-c4cc5ccc(-c6ccc(-c7c[nH]c(=O)[nH]7)cc6)nc5n4CC4CC4)n(C)c13)C(=O)N1C(C2)C2CCC1[C@@H]2N. The fraction of sp³-hybridized carbons (Fsp3) is 0.351. The molecule has 10 rings (SSSR count). The highest BCUT2D eigenvalue weighted by Crippen LogP contribution is 2.49. The number of nitrogens with two attached hydrogens (primary N) is 1. The first-order valence-electron chi connectivity index (χ1n) is 16.9. The molecule has 3 unspecified atom stereocenters. The number of pyridine rings is 1. The number of rotatable bonds is 6. The molecule has 2 aliphatic carbocycles. The Kier molecular flexibility index (Phi) is 5.77. The number of aromatic amines is 2. The van der Waals surface area contributed by atoms with Crippen LogP contribution in [0.15, 0.2) is 59.5 Å². The van der Waals surface area contributed by atoms with Crippen molar-refractivity contribution >= 4 is 28.0 Å². The van der Waals surface area contributed by atoms with Crippen LogP contribution >= 0.6 is 0 Å². The molecule has 6 aromatic rings. The molecular formula is C37H36N8O3. The molecule has 0 spiro atoms. The molecule has 4 aromatic heterocycles. The maximum atomic E-state index is 14.0. The molecule has 11 heteroatoms. The lowest BCUT2D eigenvalue weighted by Crippen LogP contribution is -2.49. The number of piperidine rings is 1. The van der Waals surface area contributed by atoms with Crippen LogP contribution in [0.4, 0.5) is 0 Å². The van der Waals surface area contributed by atoms with Crippen LogP contribution in [0.2, 0.25) is 0 Å². The normalized spacial score (nSPS) is 23.0. The van der Waals surface area contributed by atoms with E-state index in [2.05, 4.69) is 42.2 Å². The van der Waals surface area contributed by atoms with Gasteiger partial charge in [0.05, 0.1) is 29.7 Å². The molecule has 11 nitrogen and oxygen atoms in total. The standard InChI is InChI=1S/C37H36N8O3/c1-43-32-26(14-24-23(33(32)48-2)15-29-22-10-12-28(31(22)38)45(29)36(24)46)41-35(43)30-13-21-9-11-25(40-34(21)44(30)17-18-3-4-18)19-5-7-20(8-6-19)27-16-39-37(47)42-27/h5-9,11,13-14,16,18,22,28-29,31H,3-4,10,12,15,17,38H2,1-2H3,(H2,39,42,47)/t22?,28?,29?,31-/m1/s1. The number of nitrogens with one attached hydrogen (secondary N) is 2. The molecule has 4 atom stereocenters. The molecule has 1 saturated heterocycles. The van der Waals surface area contributed by atoms with Crippen molar-refractivity contribution in [3.63, 3.8) is 0 Å². The second-order valence-corrected chi connectivity index (χ2v) is 14.1. The monoisotopic (exact) mass is 640 g/mol. The van der Waals surface area contributed by atoms with Gasteiger partial charge < -0.3 is 34.5 Å². The number of aromatic nitrogens is 6. The number of amides is 1. The number of H-pyrrole nitrogens is 2. The van der Waals surface area contributed by atoms with Crippen LogP contribution in [0.25, 0.3) is 56.1 Å². The van der Waals surface area contributed by atoms with Crippen LogP contribution < -0.4 is 16.2 Å². The average Bonchev–Trinajstić information content (AvgIpc) is 3.32. The summed E-state index contributed by atoms with van der Waals surface area (Å²) >= 11 is 0. The number of fused-ring (bicyclic) bond motifs is 8. The van der Waals surface area contributed by atoms with Gasteiger partial charge in [-0.05, 0) is 73.8 Å². The van der Waals surface area contributed by atoms with Gasteiger partial charge in [0, 0.05) is 60.0 Å². The molecule has 4 aliphatic rings. The molecule has 242 valence electrons. The third-order valence-corrected chi connectivity index (χ3v) is 11.4. The predicted octanol–water partition coefficient (Wildman–Crippen LogP) is 4.85. The maximum absolute atomic E-state index is 14.0. The smallest absolute Gasteiger partial charge is 0.323 e. The molecule has 6 heterocycles. The Morgan fingerprint density at radius 1 is 0.979 bits per heavy atom. The van der Waals surface area contributed by atoms with E-state index < -0.39 is 0 Å². The molecule has 2 saturated carbocycles. The molecular weight excluding hydrogens is 604 g/mol. The lowest BCUT2D eigenvalue weighted by Gasteiger charge is -2.39. The molecule has 2 aliphatic heterocycles. The van der Waals surface area contributed by atoms with Gasteiger partial charge in [-0.1, -0.05) is 24.3 Å². The summed E-state index contributed by atoms with van der Waals surface area (Å²) in [6.45, 7) is 0.865. The van der Waals surface area contributed by atoms with Crippen molar-refractivity contribution in [2.45, 2.75) is 56.8 Å². The van der Waals surface area contributed by atoms with Crippen molar-refractivity contribution in [3.05, 3.63) is 76.3 Å². The van der Waals surface area contributed by atoms with E-state index in [1.807, 2.05) is 37.4 Å². The van der Waals surface area contributed by atoms with E-state index in [4.69, 9.17) is 20.4 Å². The predicted molar refractivity (Wildman–Crippen MR) is 183 cm³/mol. The second-order valence-electron chi connectivity index (χ2n) is 14.1. The van der Waals surface area contributed by atoms with Gasteiger partial charge in [0.15, 0.2) is 5.82 Å². The van der Waals surface area contributed by atoms with Crippen molar-refractivity contribution in [3.8, 4) is 39.8 Å². The zero-order valence-corrected chi connectivity index (χ0v) is 26.9. The Balaban J connectivity index is 1.09. The molecule has 0 radical (unpaired) electrons. The zero-order valence-electron chi connectivity index (χ0n) is 26.9. The van der Waals surface area contributed by atoms with E-state index in [0.29, 0.717) is 17.4 Å². The topological polar surface area (TPSA) is 140 Å². The van der Waals surface area contributed by atoms with Crippen molar-refractivity contribution < 1.29 is 9.53 Å². The van der Waals surface area contributed by atoms with Gasteiger partial charge in [0.1, 0.15) is 16.9 Å². The van der Waals surface area contributed by atoms with Gasteiger partial charge in [-0.15, -0.1) is 0 Å². The summed E-state index contributed by atoms with van der Waals surface area (Å²) in [6, 6.07) is 16.7. The van der Waals surface area contributed by atoms with Crippen LogP contribution in [0, 0.1) is 11.8 Å². The Hall–Kier alpha value is -5.16. The number of imidazole rings is 2. The highest BCUT2D eigenvalue weighted by Gasteiger charge is 2.56. The third-order valence-electron chi connectivity index (χ3n) is 11.4. The summed E-state index contributed by atoms with van der Waals surface area (Å²) in [5.41, 5.74) is 15.2. The van der Waals surface area contributed by atoms with E-state index in [9.17, 15) is 9.59 Å². The molecule has 2 bridgehead atoms. The van der Waals surface area contributed by atoms with Gasteiger partial charge in [0.25, 0.3) is 5.91 Å².